The molecule has 1 amide bonds. The molecule has 1 saturated heterocycles. The molecule has 0 radical (unpaired) electrons. The summed E-state index contributed by atoms with van der Waals surface area (Å²) in [5, 5.41) is 6.34. The number of rotatable bonds is 5. The lowest BCUT2D eigenvalue weighted by Crippen LogP contribution is -2.34. The van der Waals surface area contributed by atoms with Gasteiger partial charge in [0.25, 0.3) is 0 Å². The van der Waals surface area contributed by atoms with E-state index in [1.807, 2.05) is 30.3 Å². The first-order valence-corrected chi connectivity index (χ1v) is 7.64. The van der Waals surface area contributed by atoms with Crippen molar-refractivity contribution in [2.24, 2.45) is 5.92 Å². The lowest BCUT2D eigenvalue weighted by atomic mass is 9.97. The van der Waals surface area contributed by atoms with Crippen molar-refractivity contribution in [3.8, 4) is 0 Å². The highest BCUT2D eigenvalue weighted by atomic mass is 32.2. The Hall–Kier alpha value is -1.26. The van der Waals surface area contributed by atoms with Crippen LogP contribution in [0.1, 0.15) is 12.8 Å². The Morgan fingerprint density at radius 3 is 2.89 bits per heavy atom. The number of carbonyl (C=O) groups is 1. The summed E-state index contributed by atoms with van der Waals surface area (Å²) >= 11 is 1.69. The van der Waals surface area contributed by atoms with Gasteiger partial charge in [0.05, 0.1) is 5.69 Å². The van der Waals surface area contributed by atoms with Crippen molar-refractivity contribution in [2.45, 2.75) is 17.7 Å². The van der Waals surface area contributed by atoms with Crippen molar-refractivity contribution >= 4 is 23.4 Å². The zero-order valence-corrected chi connectivity index (χ0v) is 11.8. The molecule has 4 heteroatoms. The lowest BCUT2D eigenvalue weighted by molar-refractivity contribution is -0.120. The number of benzene rings is 1. The third-order valence-electron chi connectivity index (χ3n) is 3.21. The normalized spacial score (nSPS) is 16.0. The number of hydrogen-bond donors (Lipinski definition) is 2. The van der Waals surface area contributed by atoms with E-state index in [-0.39, 0.29) is 11.8 Å². The van der Waals surface area contributed by atoms with Gasteiger partial charge in [0.15, 0.2) is 0 Å². The first-order chi connectivity index (χ1) is 9.31. The van der Waals surface area contributed by atoms with E-state index < -0.39 is 0 Å². The Kier molecular flexibility index (Phi) is 5.48. The van der Waals surface area contributed by atoms with E-state index in [9.17, 15) is 4.79 Å². The maximum atomic E-state index is 12.2. The zero-order valence-electron chi connectivity index (χ0n) is 11.0. The number of carbonyl (C=O) groups excluding carboxylic acids is 1. The van der Waals surface area contributed by atoms with Crippen molar-refractivity contribution in [3.63, 3.8) is 0 Å². The fraction of sp³-hybridized carbons (Fsp3) is 0.400. The number of anilines is 1. The molecule has 0 spiro atoms. The van der Waals surface area contributed by atoms with Crippen LogP contribution in [0.4, 0.5) is 5.69 Å². The topological polar surface area (TPSA) is 41.1 Å². The van der Waals surface area contributed by atoms with E-state index in [0.29, 0.717) is 0 Å². The third kappa shape index (κ3) is 4.11. The lowest BCUT2D eigenvalue weighted by Gasteiger charge is -2.22. The van der Waals surface area contributed by atoms with Gasteiger partial charge in [-0.3, -0.25) is 4.79 Å². The van der Waals surface area contributed by atoms with E-state index in [1.54, 1.807) is 11.8 Å². The average molecular weight is 276 g/mol. The smallest absolute Gasteiger partial charge is 0.227 e. The van der Waals surface area contributed by atoms with Gasteiger partial charge in [-0.25, -0.2) is 0 Å². The quantitative estimate of drug-likeness (QED) is 0.642. The van der Waals surface area contributed by atoms with Crippen LogP contribution in [0.25, 0.3) is 0 Å². The third-order valence-corrected chi connectivity index (χ3v) is 4.28. The van der Waals surface area contributed by atoms with Gasteiger partial charge in [-0.15, -0.1) is 18.3 Å². The second kappa shape index (κ2) is 7.36. The standard InChI is InChI=1S/C15H20N2OS/c1-2-11-19-14-6-4-3-5-13(14)17-15(18)12-7-9-16-10-8-12/h2-6,12,16H,1,7-11H2,(H,17,18). The van der Waals surface area contributed by atoms with Gasteiger partial charge in [0, 0.05) is 16.6 Å². The molecule has 1 heterocycles. The molecule has 0 saturated carbocycles. The van der Waals surface area contributed by atoms with Crippen molar-refractivity contribution in [3.05, 3.63) is 36.9 Å². The van der Waals surface area contributed by atoms with Gasteiger partial charge in [-0.05, 0) is 38.1 Å². The van der Waals surface area contributed by atoms with E-state index in [1.165, 1.54) is 0 Å². The molecule has 0 atom stereocenters. The number of nitrogens with one attached hydrogen (secondary N) is 2. The molecule has 1 aromatic rings. The summed E-state index contributed by atoms with van der Waals surface area (Å²) in [4.78, 5) is 13.3. The molecule has 1 fully saturated rings. The highest BCUT2D eigenvalue weighted by molar-refractivity contribution is 7.99. The molecule has 0 bridgehead atoms. The molecule has 102 valence electrons. The van der Waals surface area contributed by atoms with E-state index in [2.05, 4.69) is 17.2 Å². The SMILES string of the molecule is C=CCSc1ccccc1NC(=O)C1CCNCC1. The molecular weight excluding hydrogens is 256 g/mol. The van der Waals surface area contributed by atoms with Crippen LogP contribution in [-0.2, 0) is 4.79 Å². The van der Waals surface area contributed by atoms with Crippen LogP contribution >= 0.6 is 11.8 Å². The second-order valence-corrected chi connectivity index (χ2v) is 5.67. The zero-order chi connectivity index (χ0) is 13.5. The van der Waals surface area contributed by atoms with Gasteiger partial charge >= 0.3 is 0 Å². The molecule has 1 aliphatic heterocycles. The molecule has 0 aliphatic carbocycles. The van der Waals surface area contributed by atoms with Crippen LogP contribution in [0.3, 0.4) is 0 Å². The number of thioether (sulfide) groups is 1. The van der Waals surface area contributed by atoms with E-state index in [4.69, 9.17) is 0 Å². The number of hydrogen-bond acceptors (Lipinski definition) is 3. The Morgan fingerprint density at radius 1 is 1.42 bits per heavy atom. The molecule has 3 nitrogen and oxygen atoms in total. The van der Waals surface area contributed by atoms with Gasteiger partial charge in [0.2, 0.25) is 5.91 Å². The molecule has 1 aromatic carbocycles. The second-order valence-electron chi connectivity index (χ2n) is 4.61. The highest BCUT2D eigenvalue weighted by Crippen LogP contribution is 2.27. The van der Waals surface area contributed by atoms with Gasteiger partial charge in [-0.1, -0.05) is 18.2 Å². The van der Waals surface area contributed by atoms with Crippen molar-refractivity contribution in [1.82, 2.24) is 5.32 Å². The first kappa shape index (κ1) is 14.2. The molecule has 19 heavy (non-hydrogen) atoms. The summed E-state index contributed by atoms with van der Waals surface area (Å²) in [6.45, 7) is 5.60. The molecule has 2 rings (SSSR count). The van der Waals surface area contributed by atoms with Gasteiger partial charge in [0.1, 0.15) is 0 Å². The summed E-state index contributed by atoms with van der Waals surface area (Å²) < 4.78 is 0. The predicted octanol–water partition coefficient (Wildman–Crippen LogP) is 2.90. The summed E-state index contributed by atoms with van der Waals surface area (Å²) in [6.07, 6.45) is 3.72. The van der Waals surface area contributed by atoms with E-state index >= 15 is 0 Å². The minimum absolute atomic E-state index is 0.138. The molecule has 0 unspecified atom stereocenters. The van der Waals surface area contributed by atoms with Crippen molar-refractivity contribution < 1.29 is 4.79 Å². The van der Waals surface area contributed by atoms with Crippen molar-refractivity contribution in [1.29, 1.82) is 0 Å². The summed E-state index contributed by atoms with van der Waals surface area (Å²) in [5.74, 6) is 1.13. The van der Waals surface area contributed by atoms with Crippen LogP contribution in [-0.4, -0.2) is 24.7 Å². The molecular formula is C15H20N2OS. The minimum atomic E-state index is 0.138. The number of piperidine rings is 1. The number of para-hydroxylation sites is 1. The molecule has 1 aliphatic rings. The molecule has 0 aromatic heterocycles. The van der Waals surface area contributed by atoms with Gasteiger partial charge in [-0.2, -0.15) is 0 Å². The fourth-order valence-corrected chi connectivity index (χ4v) is 2.91. The maximum absolute atomic E-state index is 12.2. The van der Waals surface area contributed by atoms with Crippen LogP contribution in [0.15, 0.2) is 41.8 Å². The van der Waals surface area contributed by atoms with E-state index in [0.717, 1.165) is 42.3 Å². The van der Waals surface area contributed by atoms with Crippen LogP contribution in [0, 0.1) is 5.92 Å². The maximum Gasteiger partial charge on any atom is 0.227 e. The summed E-state index contributed by atoms with van der Waals surface area (Å²) in [7, 11) is 0. The first-order valence-electron chi connectivity index (χ1n) is 6.65. The Balaban J connectivity index is 2.00. The fourth-order valence-electron chi connectivity index (χ4n) is 2.16. The summed E-state index contributed by atoms with van der Waals surface area (Å²) in [5.41, 5.74) is 0.915. The monoisotopic (exact) mass is 276 g/mol. The highest BCUT2D eigenvalue weighted by Gasteiger charge is 2.21. The predicted molar refractivity (Wildman–Crippen MR) is 81.6 cm³/mol. The average Bonchev–Trinajstić information content (AvgIpc) is 2.47. The number of amides is 1. The van der Waals surface area contributed by atoms with Crippen LogP contribution in [0.2, 0.25) is 0 Å². The largest absolute Gasteiger partial charge is 0.325 e. The van der Waals surface area contributed by atoms with Gasteiger partial charge < -0.3 is 10.6 Å². The Labute approximate surface area is 118 Å². The molecule has 2 N–H and O–H groups in total. The van der Waals surface area contributed by atoms with Crippen LogP contribution in [0.5, 0.6) is 0 Å². The Morgan fingerprint density at radius 2 is 2.16 bits per heavy atom. The van der Waals surface area contributed by atoms with Crippen molar-refractivity contribution in [2.75, 3.05) is 24.2 Å². The summed E-state index contributed by atoms with van der Waals surface area (Å²) in [6, 6.07) is 7.94. The Bertz CT molecular complexity index is 442. The van der Waals surface area contributed by atoms with Crippen LogP contribution < -0.4 is 10.6 Å². The minimum Gasteiger partial charge on any atom is -0.325 e.